The van der Waals surface area contributed by atoms with Gasteiger partial charge in [-0.3, -0.25) is 20.4 Å². The van der Waals surface area contributed by atoms with Crippen LogP contribution in [-0.4, -0.2) is 38.7 Å². The number of amides is 2. The first-order chi connectivity index (χ1) is 13.2. The molecule has 0 aromatic heterocycles. The summed E-state index contributed by atoms with van der Waals surface area (Å²) in [5.74, 6) is 0.0986. The van der Waals surface area contributed by atoms with Crippen molar-refractivity contribution in [2.24, 2.45) is 0 Å². The summed E-state index contributed by atoms with van der Waals surface area (Å²) in [5, 5.41) is 0. The van der Waals surface area contributed by atoms with E-state index in [9.17, 15) is 9.59 Å². The van der Waals surface area contributed by atoms with E-state index in [-0.39, 0.29) is 6.61 Å². The van der Waals surface area contributed by atoms with Crippen LogP contribution in [0.25, 0.3) is 0 Å². The minimum atomic E-state index is -0.484. The number of ether oxygens (including phenoxy) is 3. The molecule has 0 aliphatic heterocycles. The van der Waals surface area contributed by atoms with Gasteiger partial charge in [-0.2, -0.15) is 0 Å². The molecular formula is C20H22N2O5. The van der Waals surface area contributed by atoms with Gasteiger partial charge in [-0.1, -0.05) is 24.8 Å². The predicted octanol–water partition coefficient (Wildman–Crippen LogP) is 2.35. The van der Waals surface area contributed by atoms with E-state index in [2.05, 4.69) is 17.4 Å². The highest BCUT2D eigenvalue weighted by Gasteiger charge is 2.13. The molecule has 7 heteroatoms. The maximum Gasteiger partial charge on any atom is 0.273 e. The van der Waals surface area contributed by atoms with Gasteiger partial charge in [0.05, 0.1) is 12.2 Å². The fourth-order valence-corrected chi connectivity index (χ4v) is 2.13. The summed E-state index contributed by atoms with van der Waals surface area (Å²) in [6.45, 7) is 4.75. The average Bonchev–Trinajstić information content (AvgIpc) is 2.71. The number of carbonyl (C=O) groups is 2. The van der Waals surface area contributed by atoms with Crippen LogP contribution in [0.1, 0.15) is 20.7 Å². The molecule has 2 rings (SSSR count). The van der Waals surface area contributed by atoms with Crippen molar-refractivity contribution in [2.45, 2.75) is 0 Å². The van der Waals surface area contributed by atoms with Gasteiger partial charge in [-0.05, 0) is 36.4 Å². The smallest absolute Gasteiger partial charge is 0.273 e. The third kappa shape index (κ3) is 6.16. The van der Waals surface area contributed by atoms with E-state index >= 15 is 0 Å². The summed E-state index contributed by atoms with van der Waals surface area (Å²) in [7, 11) is 1.59. The lowest BCUT2D eigenvalue weighted by atomic mass is 10.2. The van der Waals surface area contributed by atoms with Gasteiger partial charge in [0.1, 0.15) is 24.7 Å². The molecule has 0 bridgehead atoms. The van der Waals surface area contributed by atoms with Crippen molar-refractivity contribution in [1.82, 2.24) is 10.9 Å². The molecule has 0 radical (unpaired) electrons. The second kappa shape index (κ2) is 10.6. The molecule has 0 atom stereocenters. The van der Waals surface area contributed by atoms with Gasteiger partial charge in [0.15, 0.2) is 0 Å². The number of rotatable bonds is 9. The van der Waals surface area contributed by atoms with Crippen LogP contribution in [0.5, 0.6) is 11.5 Å². The van der Waals surface area contributed by atoms with Crippen molar-refractivity contribution in [3.8, 4) is 11.5 Å². The topological polar surface area (TPSA) is 85.9 Å². The van der Waals surface area contributed by atoms with E-state index < -0.39 is 11.8 Å². The predicted molar refractivity (Wildman–Crippen MR) is 101 cm³/mol. The molecule has 0 saturated heterocycles. The summed E-state index contributed by atoms with van der Waals surface area (Å²) in [5.41, 5.74) is 5.44. The highest BCUT2D eigenvalue weighted by atomic mass is 16.5. The van der Waals surface area contributed by atoms with Crippen molar-refractivity contribution in [3.05, 3.63) is 72.3 Å². The minimum Gasteiger partial charge on any atom is -0.491 e. The first-order valence-electron chi connectivity index (χ1n) is 8.31. The van der Waals surface area contributed by atoms with Gasteiger partial charge in [-0.25, -0.2) is 0 Å². The second-order valence-electron chi connectivity index (χ2n) is 5.37. The van der Waals surface area contributed by atoms with Crippen molar-refractivity contribution < 1.29 is 23.8 Å². The normalized spacial score (nSPS) is 9.96. The SMILES string of the molecule is C=CCOc1ccccc1C(=O)NNC(=O)c1ccc(OCCOC)cc1. The summed E-state index contributed by atoms with van der Waals surface area (Å²) in [6, 6.07) is 13.3. The first-order valence-corrected chi connectivity index (χ1v) is 8.31. The zero-order valence-corrected chi connectivity index (χ0v) is 15.1. The number of hydrazine groups is 1. The molecular weight excluding hydrogens is 348 g/mol. The van der Waals surface area contributed by atoms with Crippen molar-refractivity contribution in [2.75, 3.05) is 26.9 Å². The lowest BCUT2D eigenvalue weighted by Gasteiger charge is -2.11. The number of methoxy groups -OCH3 is 1. The zero-order chi connectivity index (χ0) is 19.5. The third-order valence-corrected chi connectivity index (χ3v) is 3.45. The Kier molecular flexibility index (Phi) is 7.87. The fraction of sp³-hybridized carbons (Fsp3) is 0.200. The molecule has 0 saturated carbocycles. The van der Waals surface area contributed by atoms with E-state index in [1.165, 1.54) is 0 Å². The van der Waals surface area contributed by atoms with E-state index in [1.807, 2.05) is 0 Å². The summed E-state index contributed by atoms with van der Waals surface area (Å²) in [6.07, 6.45) is 1.58. The van der Waals surface area contributed by atoms with Crippen LogP contribution in [-0.2, 0) is 4.74 Å². The Hall–Kier alpha value is -3.32. The van der Waals surface area contributed by atoms with E-state index in [1.54, 1.807) is 61.7 Å². The standard InChI is InChI=1S/C20H22N2O5/c1-3-12-27-18-7-5-4-6-17(18)20(24)22-21-19(23)15-8-10-16(11-9-15)26-14-13-25-2/h3-11H,1,12-14H2,2H3,(H,21,23)(H,22,24). The molecule has 142 valence electrons. The van der Waals surface area contributed by atoms with Crippen LogP contribution in [0, 0.1) is 0 Å². The molecule has 2 aromatic rings. The van der Waals surface area contributed by atoms with Gasteiger partial charge >= 0.3 is 0 Å². The monoisotopic (exact) mass is 370 g/mol. The molecule has 0 unspecified atom stereocenters. The first kappa shape index (κ1) is 20.0. The second-order valence-corrected chi connectivity index (χ2v) is 5.37. The molecule has 0 aliphatic carbocycles. The molecule has 2 N–H and O–H groups in total. The van der Waals surface area contributed by atoms with Gasteiger partial charge in [0, 0.05) is 12.7 Å². The Morgan fingerprint density at radius 3 is 2.37 bits per heavy atom. The zero-order valence-electron chi connectivity index (χ0n) is 15.1. The Balaban J connectivity index is 1.91. The van der Waals surface area contributed by atoms with Crippen LogP contribution in [0.15, 0.2) is 61.2 Å². The van der Waals surface area contributed by atoms with Crippen molar-refractivity contribution >= 4 is 11.8 Å². The molecule has 27 heavy (non-hydrogen) atoms. The van der Waals surface area contributed by atoms with Crippen LogP contribution in [0.2, 0.25) is 0 Å². The van der Waals surface area contributed by atoms with E-state index in [0.29, 0.717) is 35.8 Å². The highest BCUT2D eigenvalue weighted by Crippen LogP contribution is 2.17. The van der Waals surface area contributed by atoms with Gasteiger partial charge in [0.2, 0.25) is 0 Å². The molecule has 7 nitrogen and oxygen atoms in total. The number of hydrogen-bond acceptors (Lipinski definition) is 5. The Morgan fingerprint density at radius 1 is 0.963 bits per heavy atom. The third-order valence-electron chi connectivity index (χ3n) is 3.45. The van der Waals surface area contributed by atoms with Gasteiger partial charge < -0.3 is 14.2 Å². The molecule has 2 aromatic carbocycles. The van der Waals surface area contributed by atoms with Crippen LogP contribution < -0.4 is 20.3 Å². The van der Waals surface area contributed by atoms with Crippen LogP contribution in [0.3, 0.4) is 0 Å². The quantitative estimate of drug-likeness (QED) is 0.402. The molecule has 0 spiro atoms. The molecule has 0 fully saturated rings. The minimum absolute atomic E-state index is 0.273. The number of carbonyl (C=O) groups excluding carboxylic acids is 2. The summed E-state index contributed by atoms with van der Waals surface area (Å²) >= 11 is 0. The maximum absolute atomic E-state index is 12.3. The van der Waals surface area contributed by atoms with Gasteiger partial charge in [0.25, 0.3) is 11.8 Å². The molecule has 2 amide bonds. The highest BCUT2D eigenvalue weighted by molar-refractivity contribution is 6.00. The number of para-hydroxylation sites is 1. The fourth-order valence-electron chi connectivity index (χ4n) is 2.13. The largest absolute Gasteiger partial charge is 0.491 e. The average molecular weight is 370 g/mol. The lowest BCUT2D eigenvalue weighted by Crippen LogP contribution is -2.41. The molecule has 0 heterocycles. The molecule has 0 aliphatic rings. The van der Waals surface area contributed by atoms with Crippen molar-refractivity contribution in [3.63, 3.8) is 0 Å². The Bertz CT molecular complexity index is 774. The van der Waals surface area contributed by atoms with Gasteiger partial charge in [-0.15, -0.1) is 0 Å². The van der Waals surface area contributed by atoms with E-state index in [4.69, 9.17) is 14.2 Å². The number of hydrogen-bond donors (Lipinski definition) is 2. The number of nitrogens with one attached hydrogen (secondary N) is 2. The summed E-state index contributed by atoms with van der Waals surface area (Å²) < 4.78 is 15.8. The Morgan fingerprint density at radius 2 is 1.67 bits per heavy atom. The Labute approximate surface area is 157 Å². The van der Waals surface area contributed by atoms with Crippen LogP contribution in [0.4, 0.5) is 0 Å². The van der Waals surface area contributed by atoms with Crippen LogP contribution >= 0.6 is 0 Å². The number of benzene rings is 2. The maximum atomic E-state index is 12.3. The summed E-state index contributed by atoms with van der Waals surface area (Å²) in [4.78, 5) is 24.5. The van der Waals surface area contributed by atoms with Crippen molar-refractivity contribution in [1.29, 1.82) is 0 Å². The van der Waals surface area contributed by atoms with E-state index in [0.717, 1.165) is 0 Å². The lowest BCUT2D eigenvalue weighted by molar-refractivity contribution is 0.0844.